The molecule has 0 aliphatic rings. The lowest BCUT2D eigenvalue weighted by Crippen LogP contribution is -2.20. The summed E-state index contributed by atoms with van der Waals surface area (Å²) < 4.78 is 10.2. The summed E-state index contributed by atoms with van der Waals surface area (Å²) in [6.07, 6.45) is 0.813. The van der Waals surface area contributed by atoms with E-state index in [-0.39, 0.29) is 12.2 Å². The normalized spacial score (nSPS) is 13.3. The summed E-state index contributed by atoms with van der Waals surface area (Å²) >= 11 is 0. The molecule has 0 aromatic heterocycles. The molecule has 2 unspecified atom stereocenters. The van der Waals surface area contributed by atoms with Gasteiger partial charge in [-0.25, -0.2) is 9.59 Å². The van der Waals surface area contributed by atoms with Crippen molar-refractivity contribution < 1.29 is 19.1 Å². The van der Waals surface area contributed by atoms with E-state index in [0.717, 1.165) is 0 Å². The van der Waals surface area contributed by atoms with Crippen LogP contribution >= 0.6 is 0 Å². The highest BCUT2D eigenvalue weighted by Gasteiger charge is 2.14. The molecule has 0 amide bonds. The predicted octanol–water partition coefficient (Wildman–Crippen LogP) is 2.78. The fraction of sp³-hybridized carbons (Fsp3) is 0.571. The second kappa shape index (κ2) is 7.69. The maximum atomic E-state index is 11.2. The zero-order valence-electron chi connectivity index (χ0n) is 11.6. The second-order valence-corrected chi connectivity index (χ2v) is 4.57. The van der Waals surface area contributed by atoms with Gasteiger partial charge in [0.2, 0.25) is 0 Å². The molecule has 4 heteroatoms. The van der Waals surface area contributed by atoms with Gasteiger partial charge in [-0.2, -0.15) is 0 Å². The minimum absolute atomic E-state index is 0.222. The molecular weight excluding hydrogens is 232 g/mol. The average molecular weight is 254 g/mol. The van der Waals surface area contributed by atoms with Crippen molar-refractivity contribution in [2.75, 3.05) is 0 Å². The van der Waals surface area contributed by atoms with Crippen LogP contribution in [0.25, 0.3) is 0 Å². The number of esters is 2. The largest absolute Gasteiger partial charge is 0.459 e. The summed E-state index contributed by atoms with van der Waals surface area (Å²) in [6, 6.07) is 0. The summed E-state index contributed by atoms with van der Waals surface area (Å²) in [5.41, 5.74) is 0.757. The Morgan fingerprint density at radius 1 is 0.889 bits per heavy atom. The van der Waals surface area contributed by atoms with Gasteiger partial charge in [0.05, 0.1) is 12.2 Å². The Bertz CT molecular complexity index is 310. The lowest BCUT2D eigenvalue weighted by Gasteiger charge is -2.17. The van der Waals surface area contributed by atoms with Gasteiger partial charge < -0.3 is 9.47 Å². The van der Waals surface area contributed by atoms with Crippen LogP contribution in [0.15, 0.2) is 24.3 Å². The highest BCUT2D eigenvalue weighted by Crippen LogP contribution is 2.10. The van der Waals surface area contributed by atoms with Crippen LogP contribution < -0.4 is 0 Å². The third-order valence-corrected chi connectivity index (χ3v) is 2.29. The highest BCUT2D eigenvalue weighted by molar-refractivity contribution is 5.87. The number of hydrogen-bond acceptors (Lipinski definition) is 4. The first kappa shape index (κ1) is 16.4. The first-order valence-electron chi connectivity index (χ1n) is 5.97. The van der Waals surface area contributed by atoms with E-state index < -0.39 is 11.9 Å². The van der Waals surface area contributed by atoms with Gasteiger partial charge in [-0.05, 0) is 40.5 Å². The number of hydrogen-bond donors (Lipinski definition) is 0. The van der Waals surface area contributed by atoms with E-state index >= 15 is 0 Å². The van der Waals surface area contributed by atoms with Crippen LogP contribution in [0.3, 0.4) is 0 Å². The first-order valence-corrected chi connectivity index (χ1v) is 5.97. The van der Waals surface area contributed by atoms with Crippen molar-refractivity contribution in [2.24, 2.45) is 0 Å². The molecule has 0 bridgehead atoms. The molecule has 0 spiro atoms. The van der Waals surface area contributed by atoms with Gasteiger partial charge in [0.25, 0.3) is 0 Å². The summed E-state index contributed by atoms with van der Waals surface area (Å²) in [4.78, 5) is 22.5. The minimum Gasteiger partial charge on any atom is -0.459 e. The van der Waals surface area contributed by atoms with Crippen LogP contribution in [0, 0.1) is 0 Å². The van der Waals surface area contributed by atoms with Gasteiger partial charge in [-0.1, -0.05) is 13.2 Å². The lowest BCUT2D eigenvalue weighted by molar-refractivity contribution is -0.147. The Balaban J connectivity index is 3.95. The van der Waals surface area contributed by atoms with Gasteiger partial charge in [0, 0.05) is 11.1 Å². The fourth-order valence-corrected chi connectivity index (χ4v) is 1.15. The predicted molar refractivity (Wildman–Crippen MR) is 70.0 cm³/mol. The average Bonchev–Trinajstić information content (AvgIpc) is 2.25. The Morgan fingerprint density at radius 3 is 1.39 bits per heavy atom. The summed E-state index contributed by atoms with van der Waals surface area (Å²) in [7, 11) is 0. The van der Waals surface area contributed by atoms with Crippen LogP contribution in [-0.4, -0.2) is 24.1 Å². The SMILES string of the molecule is C=C(C)C(=O)OC(C)CCC(C)OC(=O)C(=C)C. The smallest absolute Gasteiger partial charge is 0.333 e. The van der Waals surface area contributed by atoms with Crippen LogP contribution in [0.2, 0.25) is 0 Å². The molecule has 0 heterocycles. The highest BCUT2D eigenvalue weighted by atomic mass is 16.5. The van der Waals surface area contributed by atoms with E-state index in [9.17, 15) is 9.59 Å². The number of ether oxygens (including phenoxy) is 2. The number of carbonyl (C=O) groups is 2. The maximum Gasteiger partial charge on any atom is 0.333 e. The van der Waals surface area contributed by atoms with Crippen molar-refractivity contribution >= 4 is 11.9 Å². The molecule has 0 radical (unpaired) electrons. The van der Waals surface area contributed by atoms with E-state index in [1.807, 2.05) is 0 Å². The van der Waals surface area contributed by atoms with E-state index in [4.69, 9.17) is 9.47 Å². The zero-order valence-corrected chi connectivity index (χ0v) is 11.6. The molecule has 102 valence electrons. The molecule has 0 aliphatic heterocycles. The van der Waals surface area contributed by atoms with Gasteiger partial charge >= 0.3 is 11.9 Å². The van der Waals surface area contributed by atoms with E-state index in [2.05, 4.69) is 13.2 Å². The molecule has 0 saturated carbocycles. The van der Waals surface area contributed by atoms with Crippen molar-refractivity contribution in [3.05, 3.63) is 24.3 Å². The van der Waals surface area contributed by atoms with Crippen molar-refractivity contribution in [3.63, 3.8) is 0 Å². The van der Waals surface area contributed by atoms with Crippen LogP contribution in [0.4, 0.5) is 0 Å². The van der Waals surface area contributed by atoms with Crippen LogP contribution in [0.1, 0.15) is 40.5 Å². The quantitative estimate of drug-likeness (QED) is 0.518. The third-order valence-electron chi connectivity index (χ3n) is 2.29. The number of rotatable bonds is 7. The maximum absolute atomic E-state index is 11.2. The van der Waals surface area contributed by atoms with Crippen molar-refractivity contribution in [2.45, 2.75) is 52.7 Å². The molecule has 2 atom stereocenters. The third kappa shape index (κ3) is 6.89. The second-order valence-electron chi connectivity index (χ2n) is 4.57. The number of carbonyl (C=O) groups excluding carboxylic acids is 2. The molecular formula is C14H22O4. The van der Waals surface area contributed by atoms with Crippen molar-refractivity contribution in [1.82, 2.24) is 0 Å². The van der Waals surface area contributed by atoms with E-state index in [1.54, 1.807) is 27.7 Å². The Hall–Kier alpha value is -1.58. The molecule has 0 aromatic carbocycles. The molecule has 0 rings (SSSR count). The fourth-order valence-electron chi connectivity index (χ4n) is 1.15. The molecule has 0 saturated heterocycles. The zero-order chi connectivity index (χ0) is 14.3. The lowest BCUT2D eigenvalue weighted by atomic mass is 10.1. The molecule has 0 N–H and O–H groups in total. The van der Waals surface area contributed by atoms with Crippen molar-refractivity contribution in [1.29, 1.82) is 0 Å². The topological polar surface area (TPSA) is 52.6 Å². The molecule has 0 fully saturated rings. The van der Waals surface area contributed by atoms with Gasteiger partial charge in [0.1, 0.15) is 0 Å². The minimum atomic E-state index is -0.394. The molecule has 4 nitrogen and oxygen atoms in total. The van der Waals surface area contributed by atoms with E-state index in [1.165, 1.54) is 0 Å². The Morgan fingerprint density at radius 2 is 1.17 bits per heavy atom. The van der Waals surface area contributed by atoms with Crippen molar-refractivity contribution in [3.8, 4) is 0 Å². The van der Waals surface area contributed by atoms with Gasteiger partial charge in [0.15, 0.2) is 0 Å². The van der Waals surface area contributed by atoms with Gasteiger partial charge in [-0.3, -0.25) is 0 Å². The molecule has 0 aromatic rings. The monoisotopic (exact) mass is 254 g/mol. The first-order chi connectivity index (χ1) is 8.23. The van der Waals surface area contributed by atoms with E-state index in [0.29, 0.717) is 24.0 Å². The summed E-state index contributed by atoms with van der Waals surface area (Å²) in [5, 5.41) is 0. The van der Waals surface area contributed by atoms with Gasteiger partial charge in [-0.15, -0.1) is 0 Å². The molecule has 18 heavy (non-hydrogen) atoms. The Kier molecular flexibility index (Phi) is 7.01. The van der Waals surface area contributed by atoms with Crippen LogP contribution in [0.5, 0.6) is 0 Å². The summed E-state index contributed by atoms with van der Waals surface area (Å²) in [5.74, 6) is -0.789. The Labute approximate surface area is 109 Å². The van der Waals surface area contributed by atoms with Crippen LogP contribution in [-0.2, 0) is 19.1 Å². The summed E-state index contributed by atoms with van der Waals surface area (Å²) in [6.45, 7) is 13.8. The standard InChI is InChI=1S/C14H22O4/c1-9(2)13(15)17-11(5)7-8-12(6)18-14(16)10(3)4/h11-12H,1,3,7-8H2,2,4-6H3. The molecule has 0 aliphatic carbocycles.